The van der Waals surface area contributed by atoms with Gasteiger partial charge < -0.3 is 0 Å². The molecule has 0 spiro atoms. The average molecular weight is 399 g/mol. The van der Waals surface area contributed by atoms with Gasteiger partial charge in [-0.05, 0) is 0 Å². The van der Waals surface area contributed by atoms with Crippen molar-refractivity contribution in [2.75, 3.05) is 0 Å². The first-order valence-electron chi connectivity index (χ1n) is 2.62. The molecule has 0 fully saturated rings. The molecule has 0 aliphatic heterocycles. The zero-order valence-corrected chi connectivity index (χ0v) is 7.85. The molecule has 14 heteroatoms. The van der Waals surface area contributed by atoms with Crippen LogP contribution in [0.3, 0.4) is 0 Å². The van der Waals surface area contributed by atoms with Crippen molar-refractivity contribution in [2.24, 2.45) is 0 Å². The fourth-order valence-electron chi connectivity index (χ4n) is 0.239. The minimum atomic E-state index is -6.60. The van der Waals surface area contributed by atoms with Gasteiger partial charge in [0, 0.05) is 0 Å². The number of nitrogens with one attached hydrogen (secondary N) is 1. The van der Waals surface area contributed by atoms with Crippen LogP contribution in [0.2, 0.25) is 0 Å². The third-order valence-electron chi connectivity index (χ3n) is 0.829. The second-order valence-electron chi connectivity index (χ2n) is 1.98. The van der Waals surface area contributed by atoms with Crippen LogP contribution >= 0.6 is 0 Å². The van der Waals surface area contributed by atoms with E-state index in [2.05, 4.69) is 0 Å². The Morgan fingerprint density at radius 3 is 1.00 bits per heavy atom. The first-order valence-corrected chi connectivity index (χ1v) is 5.58. The Balaban J connectivity index is 0. The van der Waals surface area contributed by atoms with Crippen LogP contribution in [-0.4, -0.2) is 53.7 Å². The van der Waals surface area contributed by atoms with Gasteiger partial charge in [0.2, 0.25) is 0 Å². The zero-order chi connectivity index (χ0) is 12.7. The number of hydrogen-bond donors (Lipinski definition) is 1. The zero-order valence-electron chi connectivity index (χ0n) is 6.22. The molecule has 1 N–H and O–H groups in total. The van der Waals surface area contributed by atoms with Gasteiger partial charge in [-0.3, -0.25) is 0 Å². The van der Waals surface area contributed by atoms with E-state index in [1.165, 1.54) is 0 Å². The third-order valence-corrected chi connectivity index (χ3v) is 3.80. The number of hydrogen-bond acceptors (Lipinski definition) is 4. The average Bonchev–Trinajstić information content (AvgIpc) is 1.77. The topological polar surface area (TPSA) is 80.3 Å². The van der Waals surface area contributed by atoms with E-state index in [0.717, 1.165) is 0 Å². The molecule has 0 saturated heterocycles. The second kappa shape index (κ2) is 4.89. The maximum atomic E-state index is 11.5. The number of sulfonamides is 2. The first-order chi connectivity index (χ1) is 6.21. The molecule has 0 aromatic heterocycles. The number of halogens is 6. The van der Waals surface area contributed by atoms with Crippen LogP contribution in [-0.2, 0) is 20.0 Å². The van der Waals surface area contributed by atoms with Crippen molar-refractivity contribution >= 4 is 45.9 Å². The Hall–Kier alpha value is 0.310. The molecule has 0 amide bonds. The molecule has 0 radical (unpaired) electrons. The molecule has 0 bridgehead atoms. The summed E-state index contributed by atoms with van der Waals surface area (Å²) in [5, 5.41) is 0. The van der Waals surface area contributed by atoms with Crippen molar-refractivity contribution in [2.45, 2.75) is 11.0 Å². The van der Waals surface area contributed by atoms with E-state index in [9.17, 15) is 43.2 Å². The molecule has 0 heterocycles. The van der Waals surface area contributed by atoms with E-state index in [0.29, 0.717) is 0 Å². The Labute approximate surface area is 104 Å². The summed E-state index contributed by atoms with van der Waals surface area (Å²) >= 11 is 0. The predicted molar refractivity (Wildman–Crippen MR) is 43.0 cm³/mol. The molecular formula is C2H4F6InNO4S2. The maximum absolute atomic E-state index is 11.5. The molecule has 0 saturated carbocycles. The summed E-state index contributed by atoms with van der Waals surface area (Å²) in [6.07, 6.45) is 0. The van der Waals surface area contributed by atoms with Gasteiger partial charge in [-0.2, -0.15) is 26.3 Å². The molecule has 0 aromatic carbocycles. The van der Waals surface area contributed by atoms with E-state index in [4.69, 9.17) is 0 Å². The molecule has 0 aliphatic carbocycles. The summed E-state index contributed by atoms with van der Waals surface area (Å²) in [7, 11) is -13.2. The van der Waals surface area contributed by atoms with Gasteiger partial charge in [-0.25, -0.2) is 16.8 Å². The Kier molecular flexibility index (Phi) is 5.71. The van der Waals surface area contributed by atoms with Crippen LogP contribution in [0, 0.1) is 0 Å². The van der Waals surface area contributed by atoms with E-state index in [1.807, 2.05) is 0 Å². The van der Waals surface area contributed by atoms with Gasteiger partial charge in [0.15, 0.2) is 0 Å². The van der Waals surface area contributed by atoms with Crippen molar-refractivity contribution in [3.05, 3.63) is 0 Å². The minimum absolute atomic E-state index is 0. The molecule has 16 heavy (non-hydrogen) atoms. The van der Waals surface area contributed by atoms with E-state index in [-0.39, 0.29) is 25.8 Å². The third kappa shape index (κ3) is 4.29. The summed E-state index contributed by atoms with van der Waals surface area (Å²) in [5.41, 5.74) is -12.3. The van der Waals surface area contributed by atoms with Crippen LogP contribution < -0.4 is 4.13 Å². The normalized spacial score (nSPS) is 14.4. The van der Waals surface area contributed by atoms with Crippen molar-refractivity contribution in [3.63, 3.8) is 0 Å². The monoisotopic (exact) mass is 399 g/mol. The molecule has 98 valence electrons. The predicted octanol–water partition coefficient (Wildman–Crippen LogP) is -0.909. The van der Waals surface area contributed by atoms with Crippen LogP contribution in [0.1, 0.15) is 0 Å². The van der Waals surface area contributed by atoms with Gasteiger partial charge in [-0.1, -0.05) is 4.13 Å². The van der Waals surface area contributed by atoms with E-state index >= 15 is 0 Å². The molecule has 0 aromatic rings. The molecule has 0 aliphatic rings. The van der Waals surface area contributed by atoms with Crippen molar-refractivity contribution in [3.8, 4) is 0 Å². The van der Waals surface area contributed by atoms with E-state index in [1.54, 1.807) is 0 Å². The standard InChI is InChI=1S/C2HF6NO4S2.In.3H/c3-1(4,5)14(10,11)9-15(12,13)2(6,7)8;;;;/h9H;;;;. The van der Waals surface area contributed by atoms with Gasteiger partial charge in [0.25, 0.3) is 0 Å². The molecule has 0 rings (SSSR count). The summed E-state index contributed by atoms with van der Waals surface area (Å²) in [5.74, 6) is 0. The quantitative estimate of drug-likeness (QED) is 0.611. The summed E-state index contributed by atoms with van der Waals surface area (Å²) < 4.78 is 108. The van der Waals surface area contributed by atoms with Crippen LogP contribution in [0.5, 0.6) is 0 Å². The van der Waals surface area contributed by atoms with Gasteiger partial charge in [0.1, 0.15) is 0 Å². The Morgan fingerprint density at radius 2 is 0.875 bits per heavy atom. The second-order valence-corrected chi connectivity index (χ2v) is 5.59. The molecular weight excluding hydrogens is 395 g/mol. The number of rotatable bonds is 2. The van der Waals surface area contributed by atoms with Crippen LogP contribution in [0.25, 0.3) is 0 Å². The molecule has 5 nitrogen and oxygen atoms in total. The van der Waals surface area contributed by atoms with Crippen molar-refractivity contribution in [1.29, 1.82) is 0 Å². The number of alkyl halides is 6. The van der Waals surface area contributed by atoms with Crippen molar-refractivity contribution < 1.29 is 43.2 Å². The summed E-state index contributed by atoms with van der Waals surface area (Å²) in [6.45, 7) is 0. The summed E-state index contributed by atoms with van der Waals surface area (Å²) in [4.78, 5) is 0. The van der Waals surface area contributed by atoms with Crippen LogP contribution in [0.4, 0.5) is 26.3 Å². The summed E-state index contributed by atoms with van der Waals surface area (Å²) in [6, 6.07) is 0. The van der Waals surface area contributed by atoms with Gasteiger partial charge >= 0.3 is 56.9 Å². The molecule has 0 atom stereocenters. The van der Waals surface area contributed by atoms with Crippen molar-refractivity contribution in [1.82, 2.24) is 4.13 Å². The Bertz CT molecular complexity index is 390. The SMILES string of the molecule is O=S(=O)(NS(=O)(=O)C(F)(F)F)C(F)(F)F.[InH3]. The van der Waals surface area contributed by atoms with Crippen LogP contribution in [0.15, 0.2) is 0 Å². The molecule has 0 unspecified atom stereocenters. The first kappa shape index (κ1) is 18.7. The van der Waals surface area contributed by atoms with Gasteiger partial charge in [0.05, 0.1) is 0 Å². The van der Waals surface area contributed by atoms with E-state index < -0.39 is 35.2 Å². The Morgan fingerprint density at radius 1 is 0.688 bits per heavy atom. The fraction of sp³-hybridized carbons (Fsp3) is 1.00. The fourth-order valence-corrected chi connectivity index (χ4v) is 2.15. The van der Waals surface area contributed by atoms with Gasteiger partial charge in [-0.15, -0.1) is 0 Å².